The fraction of sp³-hybridized carbons (Fsp3) is 0. The lowest BCUT2D eigenvalue weighted by atomic mass is 10.0. The number of halogens is 1. The number of carbonyl (C=O) groups excluding carboxylic acids is 1. The van der Waals surface area contributed by atoms with Crippen LogP contribution in [0.1, 0.15) is 15.9 Å². The Labute approximate surface area is 121 Å². The summed E-state index contributed by atoms with van der Waals surface area (Å²) in [6.07, 6.45) is 8.00. The van der Waals surface area contributed by atoms with Crippen molar-refractivity contribution in [3.8, 4) is 12.8 Å². The molecule has 0 N–H and O–H groups in total. The first kappa shape index (κ1) is 15.4. The summed E-state index contributed by atoms with van der Waals surface area (Å²) in [5.74, 6) is -0.268. The maximum absolute atomic E-state index is 12.1. The summed E-state index contributed by atoms with van der Waals surface area (Å²) in [7, 11) is 0. The maximum Gasteiger partial charge on any atom is 0.288 e. The van der Waals surface area contributed by atoms with E-state index >= 15 is 0 Å². The SMILES string of the molecule is C#C.O=C(c1ccccc1)c1ccc(Cl)c([N+](=O)[O-])c1. The Bertz CT molecular complexity index is 651. The molecule has 0 aliphatic rings. The zero-order chi connectivity index (χ0) is 15.1. The Morgan fingerprint density at radius 3 is 2.20 bits per heavy atom. The molecule has 0 spiro atoms. The van der Waals surface area contributed by atoms with Gasteiger partial charge < -0.3 is 0 Å². The van der Waals surface area contributed by atoms with Crippen LogP contribution in [0.4, 0.5) is 5.69 Å². The molecular weight excluding hydrogens is 278 g/mol. The summed E-state index contributed by atoms with van der Waals surface area (Å²) in [6, 6.07) is 12.6. The molecule has 0 aliphatic heterocycles. The Hall–Kier alpha value is -2.64. The summed E-state index contributed by atoms with van der Waals surface area (Å²) >= 11 is 5.69. The first-order chi connectivity index (χ1) is 9.59. The van der Waals surface area contributed by atoms with Crippen LogP contribution in [0.3, 0.4) is 0 Å². The molecule has 0 heterocycles. The lowest BCUT2D eigenvalue weighted by Gasteiger charge is -2.02. The van der Waals surface area contributed by atoms with Crippen molar-refractivity contribution in [3.63, 3.8) is 0 Å². The van der Waals surface area contributed by atoms with Gasteiger partial charge in [-0.25, -0.2) is 0 Å². The monoisotopic (exact) mass is 287 g/mol. The second-order valence-corrected chi connectivity index (χ2v) is 4.03. The van der Waals surface area contributed by atoms with Gasteiger partial charge in [-0.3, -0.25) is 14.9 Å². The van der Waals surface area contributed by atoms with Crippen molar-refractivity contribution in [1.29, 1.82) is 0 Å². The van der Waals surface area contributed by atoms with Crippen LogP contribution in [0.2, 0.25) is 5.02 Å². The van der Waals surface area contributed by atoms with Crippen molar-refractivity contribution in [3.05, 3.63) is 74.8 Å². The standard InChI is InChI=1S/C13H8ClNO3.C2H2/c14-11-7-6-10(8-12(11)15(17)18)13(16)9-4-2-1-3-5-9;1-2/h1-8H;1-2H. The Kier molecular flexibility index (Phi) is 5.45. The highest BCUT2D eigenvalue weighted by atomic mass is 35.5. The average Bonchev–Trinajstić information content (AvgIpc) is 2.49. The summed E-state index contributed by atoms with van der Waals surface area (Å²) in [4.78, 5) is 22.2. The van der Waals surface area contributed by atoms with E-state index in [1.54, 1.807) is 30.3 Å². The average molecular weight is 288 g/mol. The number of ketones is 1. The van der Waals surface area contributed by atoms with Gasteiger partial charge in [-0.15, -0.1) is 12.8 Å². The molecule has 0 amide bonds. The minimum atomic E-state index is -0.607. The zero-order valence-corrected chi connectivity index (χ0v) is 11.1. The predicted molar refractivity (Wildman–Crippen MR) is 77.9 cm³/mol. The highest BCUT2D eigenvalue weighted by molar-refractivity contribution is 6.32. The number of nitro benzene ring substituents is 1. The number of nitro groups is 1. The normalized spacial score (nSPS) is 9.15. The molecule has 0 aromatic heterocycles. The molecule has 0 saturated carbocycles. The first-order valence-electron chi connectivity index (χ1n) is 5.46. The number of nitrogens with zero attached hydrogens (tertiary/aromatic N) is 1. The van der Waals surface area contributed by atoms with Gasteiger partial charge in [0.25, 0.3) is 5.69 Å². The third kappa shape index (κ3) is 3.44. The van der Waals surface area contributed by atoms with E-state index < -0.39 is 4.92 Å². The summed E-state index contributed by atoms with van der Waals surface area (Å²) in [5, 5.41) is 10.8. The molecule has 0 unspecified atom stereocenters. The largest absolute Gasteiger partial charge is 0.289 e. The van der Waals surface area contributed by atoms with Gasteiger partial charge >= 0.3 is 0 Å². The zero-order valence-electron chi connectivity index (χ0n) is 10.3. The highest BCUT2D eigenvalue weighted by Crippen LogP contribution is 2.26. The van der Waals surface area contributed by atoms with Gasteiger partial charge in [-0.1, -0.05) is 41.9 Å². The van der Waals surface area contributed by atoms with Gasteiger partial charge in [0.15, 0.2) is 5.78 Å². The molecule has 0 aliphatic carbocycles. The Morgan fingerprint density at radius 1 is 1.05 bits per heavy atom. The number of benzene rings is 2. The molecular formula is C15H10ClNO3. The fourth-order valence-electron chi connectivity index (χ4n) is 1.55. The number of rotatable bonds is 3. The van der Waals surface area contributed by atoms with Crippen LogP contribution in [0.25, 0.3) is 0 Å². The molecule has 0 bridgehead atoms. The van der Waals surface area contributed by atoms with Crippen LogP contribution in [-0.4, -0.2) is 10.7 Å². The number of terminal acetylenes is 1. The highest BCUT2D eigenvalue weighted by Gasteiger charge is 2.16. The molecule has 2 rings (SSSR count). The van der Waals surface area contributed by atoms with Crippen molar-refractivity contribution in [1.82, 2.24) is 0 Å². The molecule has 0 atom stereocenters. The lowest BCUT2D eigenvalue weighted by molar-refractivity contribution is -0.384. The molecule has 4 nitrogen and oxygen atoms in total. The van der Waals surface area contributed by atoms with Crippen LogP contribution < -0.4 is 0 Å². The van der Waals surface area contributed by atoms with Crippen LogP contribution in [0.5, 0.6) is 0 Å². The number of hydrogen-bond acceptors (Lipinski definition) is 3. The molecule has 2 aromatic rings. The van der Waals surface area contributed by atoms with E-state index in [9.17, 15) is 14.9 Å². The van der Waals surface area contributed by atoms with E-state index in [-0.39, 0.29) is 22.1 Å². The molecule has 20 heavy (non-hydrogen) atoms. The van der Waals surface area contributed by atoms with E-state index in [0.717, 1.165) is 0 Å². The topological polar surface area (TPSA) is 60.2 Å². The van der Waals surface area contributed by atoms with E-state index in [0.29, 0.717) is 5.56 Å². The second kappa shape index (κ2) is 7.07. The van der Waals surface area contributed by atoms with Crippen LogP contribution in [-0.2, 0) is 0 Å². The van der Waals surface area contributed by atoms with Crippen LogP contribution in [0.15, 0.2) is 48.5 Å². The van der Waals surface area contributed by atoms with Gasteiger partial charge in [0.2, 0.25) is 0 Å². The van der Waals surface area contributed by atoms with Gasteiger partial charge in [-0.05, 0) is 12.1 Å². The minimum absolute atomic E-state index is 0.0182. The number of carbonyl (C=O) groups is 1. The maximum atomic E-state index is 12.1. The van der Waals surface area contributed by atoms with Crippen molar-refractivity contribution >= 4 is 23.1 Å². The Balaban J connectivity index is 0.000000956. The predicted octanol–water partition coefficient (Wildman–Crippen LogP) is 3.73. The molecule has 100 valence electrons. The van der Waals surface area contributed by atoms with E-state index in [2.05, 4.69) is 12.8 Å². The van der Waals surface area contributed by atoms with E-state index in [1.807, 2.05) is 0 Å². The van der Waals surface area contributed by atoms with Gasteiger partial charge in [-0.2, -0.15) is 0 Å². The van der Waals surface area contributed by atoms with E-state index in [4.69, 9.17) is 11.6 Å². The summed E-state index contributed by atoms with van der Waals surface area (Å²) in [6.45, 7) is 0. The first-order valence-corrected chi connectivity index (χ1v) is 5.84. The third-order valence-corrected chi connectivity index (χ3v) is 2.76. The van der Waals surface area contributed by atoms with Crippen molar-refractivity contribution < 1.29 is 9.72 Å². The minimum Gasteiger partial charge on any atom is -0.289 e. The second-order valence-electron chi connectivity index (χ2n) is 3.62. The van der Waals surface area contributed by atoms with Crippen molar-refractivity contribution in [2.45, 2.75) is 0 Å². The molecule has 2 aromatic carbocycles. The molecule has 5 heteroatoms. The van der Waals surface area contributed by atoms with Gasteiger partial charge in [0.05, 0.1) is 4.92 Å². The third-order valence-electron chi connectivity index (χ3n) is 2.44. The molecule has 0 saturated heterocycles. The van der Waals surface area contributed by atoms with Crippen LogP contribution in [0, 0.1) is 23.0 Å². The smallest absolute Gasteiger partial charge is 0.288 e. The van der Waals surface area contributed by atoms with Gasteiger partial charge in [0.1, 0.15) is 5.02 Å². The Morgan fingerprint density at radius 2 is 1.65 bits per heavy atom. The van der Waals surface area contributed by atoms with Gasteiger partial charge in [0, 0.05) is 17.2 Å². The fourth-order valence-corrected chi connectivity index (χ4v) is 1.74. The lowest BCUT2D eigenvalue weighted by Crippen LogP contribution is -2.02. The van der Waals surface area contributed by atoms with E-state index in [1.165, 1.54) is 18.2 Å². The molecule has 0 radical (unpaired) electrons. The number of hydrogen-bond donors (Lipinski definition) is 0. The van der Waals surface area contributed by atoms with Crippen LogP contribution >= 0.6 is 11.6 Å². The molecule has 0 fully saturated rings. The summed E-state index contributed by atoms with van der Waals surface area (Å²) in [5.41, 5.74) is 0.463. The summed E-state index contributed by atoms with van der Waals surface area (Å²) < 4.78 is 0. The van der Waals surface area contributed by atoms with Crippen molar-refractivity contribution in [2.24, 2.45) is 0 Å². The quantitative estimate of drug-likeness (QED) is 0.374. The van der Waals surface area contributed by atoms with Crippen molar-refractivity contribution in [2.75, 3.05) is 0 Å².